The topological polar surface area (TPSA) is 332 Å². The normalized spacial score (nSPS) is 42.9. The number of allylic oxidation sites excluding steroid dienone is 12. The van der Waals surface area contributed by atoms with Crippen LogP contribution >= 0.6 is 0 Å². The van der Waals surface area contributed by atoms with Crippen molar-refractivity contribution in [3.63, 3.8) is 0 Å². The van der Waals surface area contributed by atoms with Crippen molar-refractivity contribution in [1.82, 2.24) is 5.32 Å². The standard InChI is InChI=1S/C53H86N2O17/c1-31-20-18-16-14-12-10-8-9-11-13-15-17-19-21-38(71-51-49(66)46(54)48(65)34(4)70-51)27-42-45(50(67)55-43(30-56)52(5,6)7)41(62)29-53(68,72-42)28-37(59)25-40(61)39(60)23-22-35(57)24-36(58)26-44(63)69-33(3)32(2)47(31)64/h8-21,31-43,45-49,51,56-62,64-66,68H,22-30,54H2,1-7H3,(H,55,67)/b9-8+,12-10+,13-11+,16-14+,17-15+,20-18+,21-19+/t31-,32-,33-,34+,35+,36+,37-,38-,39+,40+,41-,42-,43+,45+,46-,47+,48+,49-,51-,53+/m0/s1. The summed E-state index contributed by atoms with van der Waals surface area (Å²) in [6, 6.07) is -1.92. The predicted octanol–water partition coefficient (Wildman–Crippen LogP) is 1.15. The van der Waals surface area contributed by atoms with E-state index in [1.807, 2.05) is 37.3 Å². The summed E-state index contributed by atoms with van der Waals surface area (Å²) in [6.45, 7) is 11.8. The third-order valence-electron chi connectivity index (χ3n) is 13.6. The van der Waals surface area contributed by atoms with Gasteiger partial charge in [0.2, 0.25) is 5.91 Å². The number of nitrogens with one attached hydrogen (secondary N) is 1. The second-order valence-corrected chi connectivity index (χ2v) is 20.8. The van der Waals surface area contributed by atoms with Crippen LogP contribution < -0.4 is 11.1 Å². The number of aliphatic hydroxyl groups excluding tert-OH is 10. The van der Waals surface area contributed by atoms with Crippen molar-refractivity contribution < 1.29 is 84.7 Å². The van der Waals surface area contributed by atoms with Crippen LogP contribution in [0.5, 0.6) is 0 Å². The minimum Gasteiger partial charge on any atom is -0.462 e. The van der Waals surface area contributed by atoms with Crippen LogP contribution in [0.4, 0.5) is 0 Å². The van der Waals surface area contributed by atoms with Gasteiger partial charge in [0.1, 0.15) is 12.2 Å². The Morgan fingerprint density at radius 2 is 1.29 bits per heavy atom. The smallest absolute Gasteiger partial charge is 0.308 e. The number of cyclic esters (lactones) is 1. The number of amides is 1. The van der Waals surface area contributed by atoms with Crippen LogP contribution in [0.1, 0.15) is 99.8 Å². The van der Waals surface area contributed by atoms with E-state index in [2.05, 4.69) is 5.32 Å². The summed E-state index contributed by atoms with van der Waals surface area (Å²) in [5.41, 5.74) is 5.50. The number of ether oxygens (including phenoxy) is 4. The lowest BCUT2D eigenvalue weighted by molar-refractivity contribution is -0.307. The second kappa shape index (κ2) is 30.2. The number of aliphatic hydroxyl groups is 11. The Kier molecular flexibility index (Phi) is 26.3. The molecular formula is C53H86N2O17. The fraction of sp³-hybridized carbons (Fsp3) is 0.698. The summed E-state index contributed by atoms with van der Waals surface area (Å²) in [5, 5.41) is 123. The molecule has 0 saturated carbocycles. The van der Waals surface area contributed by atoms with Gasteiger partial charge < -0.3 is 86.2 Å². The van der Waals surface area contributed by atoms with Gasteiger partial charge in [-0.15, -0.1) is 0 Å². The summed E-state index contributed by atoms with van der Waals surface area (Å²) >= 11 is 0. The van der Waals surface area contributed by atoms with Gasteiger partial charge in [-0.25, -0.2) is 0 Å². The fourth-order valence-corrected chi connectivity index (χ4v) is 8.79. The predicted molar refractivity (Wildman–Crippen MR) is 268 cm³/mol. The number of esters is 1. The van der Waals surface area contributed by atoms with E-state index in [9.17, 15) is 65.8 Å². The molecule has 20 atom stereocenters. The highest BCUT2D eigenvalue weighted by Crippen LogP contribution is 2.39. The van der Waals surface area contributed by atoms with Crippen molar-refractivity contribution in [3.05, 3.63) is 85.1 Å². The van der Waals surface area contributed by atoms with Crippen LogP contribution in [-0.2, 0) is 28.5 Å². The van der Waals surface area contributed by atoms with Gasteiger partial charge in [-0.2, -0.15) is 0 Å². The Bertz CT molecular complexity index is 1850. The number of nitrogens with two attached hydrogens (primary N) is 1. The first kappa shape index (κ1) is 62.8. The molecule has 3 aliphatic heterocycles. The van der Waals surface area contributed by atoms with Crippen molar-refractivity contribution in [2.45, 2.75) is 203 Å². The molecule has 0 aromatic carbocycles. The van der Waals surface area contributed by atoms with Crippen LogP contribution in [0.25, 0.3) is 0 Å². The monoisotopic (exact) mass is 1020 g/mol. The average molecular weight is 1020 g/mol. The number of rotatable bonds is 5. The maximum atomic E-state index is 14.1. The molecule has 0 unspecified atom stereocenters. The second-order valence-electron chi connectivity index (χ2n) is 20.8. The van der Waals surface area contributed by atoms with Crippen LogP contribution in [0.15, 0.2) is 85.1 Å². The first-order chi connectivity index (χ1) is 33.8. The van der Waals surface area contributed by atoms with Crippen molar-refractivity contribution in [2.75, 3.05) is 6.61 Å². The van der Waals surface area contributed by atoms with Crippen molar-refractivity contribution >= 4 is 11.9 Å². The van der Waals surface area contributed by atoms with E-state index < -0.39 is 165 Å². The van der Waals surface area contributed by atoms with Gasteiger partial charge in [0.25, 0.3) is 0 Å². The summed E-state index contributed by atoms with van der Waals surface area (Å²) in [7, 11) is 0. The zero-order chi connectivity index (χ0) is 53.9. The summed E-state index contributed by atoms with van der Waals surface area (Å²) in [4.78, 5) is 26.8. The lowest BCUT2D eigenvalue weighted by atomic mass is 9.81. The van der Waals surface area contributed by atoms with E-state index >= 15 is 0 Å². The quantitative estimate of drug-likeness (QED) is 0.172. The number of fused-ring (bicyclic) bond motifs is 2. The molecule has 0 radical (unpaired) electrons. The molecule has 14 N–H and O–H groups in total. The summed E-state index contributed by atoms with van der Waals surface area (Å²) in [5.74, 6) is -5.89. The zero-order valence-electron chi connectivity index (χ0n) is 42.9. The molecule has 0 aliphatic carbocycles. The maximum absolute atomic E-state index is 14.1. The van der Waals surface area contributed by atoms with E-state index in [0.717, 1.165) is 0 Å². The molecule has 410 valence electrons. The van der Waals surface area contributed by atoms with E-state index in [1.54, 1.807) is 96.2 Å². The van der Waals surface area contributed by atoms with Gasteiger partial charge in [0.05, 0.1) is 98.2 Å². The van der Waals surface area contributed by atoms with Crippen LogP contribution in [0.2, 0.25) is 0 Å². The SMILES string of the molecule is C[C@@H]1[C@H](O)[C@@H](C)/C=C/C=C/C=C/C=C/C=C/C=C/C=C/[C@H](O[C@@H]2O[C@H](C)[C@@H](O)[C@H](N)[C@@H]2O)C[C@@H]2O[C@](O)(C[C@@H](O)C[C@@H](O)[C@H](O)CC[C@@H](O)C[C@@H](O)CC(=O)O[C@H]1C)C[C@H](O)[C@H]2C(=O)N[C@H](CO)C(C)(C)C. The van der Waals surface area contributed by atoms with Gasteiger partial charge >= 0.3 is 5.97 Å². The Hall–Kier alpha value is -3.48. The van der Waals surface area contributed by atoms with Crippen molar-refractivity contribution in [2.24, 2.45) is 28.9 Å². The molecule has 2 bridgehead atoms. The molecule has 0 aromatic rings. The highest BCUT2D eigenvalue weighted by atomic mass is 16.7. The Morgan fingerprint density at radius 3 is 1.86 bits per heavy atom. The van der Waals surface area contributed by atoms with Gasteiger partial charge in [0, 0.05) is 37.5 Å². The Labute approximate surface area is 424 Å². The molecule has 3 rings (SSSR count). The number of hydrogen-bond acceptors (Lipinski definition) is 18. The number of carbonyl (C=O) groups is 2. The molecule has 72 heavy (non-hydrogen) atoms. The molecule has 3 heterocycles. The molecule has 0 spiro atoms. The largest absolute Gasteiger partial charge is 0.462 e. The minimum atomic E-state index is -2.32. The van der Waals surface area contributed by atoms with E-state index in [4.69, 9.17) is 24.7 Å². The molecule has 1 amide bonds. The number of hydrogen-bond donors (Lipinski definition) is 13. The van der Waals surface area contributed by atoms with E-state index in [-0.39, 0.29) is 31.6 Å². The molecule has 2 fully saturated rings. The Balaban J connectivity index is 1.97. The lowest BCUT2D eigenvalue weighted by Gasteiger charge is -2.46. The molecular weight excluding hydrogens is 937 g/mol. The van der Waals surface area contributed by atoms with E-state index in [1.165, 1.54) is 0 Å². The minimum absolute atomic E-state index is 0.108. The highest BCUT2D eigenvalue weighted by Gasteiger charge is 2.51. The number of carbonyl (C=O) groups excluding carboxylic acids is 2. The van der Waals surface area contributed by atoms with Crippen molar-refractivity contribution in [1.29, 1.82) is 0 Å². The van der Waals surface area contributed by atoms with E-state index in [0.29, 0.717) is 0 Å². The molecule has 3 aliphatic rings. The Morgan fingerprint density at radius 1 is 0.722 bits per heavy atom. The van der Waals surface area contributed by atoms with Crippen molar-refractivity contribution in [3.8, 4) is 0 Å². The first-order valence-corrected chi connectivity index (χ1v) is 25.1. The summed E-state index contributed by atoms with van der Waals surface area (Å²) in [6.07, 6.45) is 3.98. The summed E-state index contributed by atoms with van der Waals surface area (Å²) < 4.78 is 23.8. The van der Waals surface area contributed by atoms with Gasteiger partial charge in [0.15, 0.2) is 12.1 Å². The molecule has 19 heteroatoms. The van der Waals surface area contributed by atoms with Gasteiger partial charge in [-0.1, -0.05) is 120 Å². The highest BCUT2D eigenvalue weighted by molar-refractivity contribution is 5.80. The average Bonchev–Trinajstić information content (AvgIpc) is 3.28. The zero-order valence-corrected chi connectivity index (χ0v) is 42.9. The third kappa shape index (κ3) is 20.7. The fourth-order valence-electron chi connectivity index (χ4n) is 8.79. The van der Waals surface area contributed by atoms with Gasteiger partial charge in [-0.05, 0) is 38.5 Å². The van der Waals surface area contributed by atoms with Gasteiger partial charge in [-0.3, -0.25) is 9.59 Å². The maximum Gasteiger partial charge on any atom is 0.308 e. The molecule has 2 saturated heterocycles. The van der Waals surface area contributed by atoms with Crippen LogP contribution in [-0.4, -0.2) is 178 Å². The van der Waals surface area contributed by atoms with Crippen LogP contribution in [0, 0.1) is 23.2 Å². The van der Waals surface area contributed by atoms with Crippen LogP contribution in [0.3, 0.4) is 0 Å². The molecule has 19 nitrogen and oxygen atoms in total. The first-order valence-electron chi connectivity index (χ1n) is 25.1. The lowest BCUT2D eigenvalue weighted by Crippen LogP contribution is -2.62. The molecule has 0 aromatic heterocycles. The third-order valence-corrected chi connectivity index (χ3v) is 13.6.